The van der Waals surface area contributed by atoms with Crippen LogP contribution < -0.4 is 5.32 Å². The molecule has 0 spiro atoms. The van der Waals surface area contributed by atoms with Gasteiger partial charge in [0.1, 0.15) is 5.82 Å². The van der Waals surface area contributed by atoms with Crippen LogP contribution in [0.2, 0.25) is 0 Å². The van der Waals surface area contributed by atoms with Crippen molar-refractivity contribution in [2.75, 3.05) is 18.5 Å². The number of aromatic nitrogens is 3. The maximum Gasteiger partial charge on any atom is 0.222 e. The Balaban J connectivity index is 1.82. The number of hydrogen-bond acceptors (Lipinski definition) is 4. The van der Waals surface area contributed by atoms with E-state index < -0.39 is 0 Å². The van der Waals surface area contributed by atoms with Gasteiger partial charge in [-0.05, 0) is 31.0 Å². The molecule has 0 saturated carbocycles. The van der Waals surface area contributed by atoms with Crippen LogP contribution in [0.5, 0.6) is 0 Å². The van der Waals surface area contributed by atoms with E-state index in [1.54, 1.807) is 6.20 Å². The topological polar surface area (TPSA) is 69.0 Å². The van der Waals surface area contributed by atoms with E-state index in [0.29, 0.717) is 5.82 Å². The van der Waals surface area contributed by atoms with Crippen LogP contribution in [0, 0.1) is 0 Å². The number of amides is 1. The van der Waals surface area contributed by atoms with Crippen LogP contribution in [0.25, 0.3) is 22.2 Å². The summed E-state index contributed by atoms with van der Waals surface area (Å²) in [6.07, 6.45) is 5.87. The number of carbonyl (C=O) groups is 1. The zero-order chi connectivity index (χ0) is 19.0. The molecular formula is C21H24N4O2. The van der Waals surface area contributed by atoms with Crippen LogP contribution in [0.15, 0.2) is 36.7 Å². The lowest BCUT2D eigenvalue weighted by Gasteiger charge is -2.25. The number of carbonyl (C=O) groups excluding carboxylic acids is 1. The van der Waals surface area contributed by atoms with Gasteiger partial charge in [-0.25, -0.2) is 4.98 Å². The summed E-state index contributed by atoms with van der Waals surface area (Å²) in [4.78, 5) is 20.7. The summed E-state index contributed by atoms with van der Waals surface area (Å²) in [5, 5.41) is 3.78. The van der Waals surface area contributed by atoms with Gasteiger partial charge in [0.15, 0.2) is 0 Å². The zero-order valence-corrected chi connectivity index (χ0v) is 16.0. The summed E-state index contributed by atoms with van der Waals surface area (Å²) in [5.41, 5.74) is 4.06. The molecule has 0 aromatic carbocycles. The molecule has 140 valence electrons. The van der Waals surface area contributed by atoms with E-state index in [1.165, 1.54) is 6.92 Å². The molecule has 0 radical (unpaired) electrons. The standard InChI is InChI=1S/C21H24N4O2/c1-4-21(8-9-27-13-21)19-7-5-6-17(24-19)16-12-25(3)18-11-22-20(10-15(16)18)23-14(2)26/h5-7,10-12H,4,8-9,13H2,1-3H3,(H,22,23,26)/t21-/m0/s1. The van der Waals surface area contributed by atoms with Crippen LogP contribution in [0.1, 0.15) is 32.4 Å². The number of nitrogens with one attached hydrogen (secondary N) is 1. The predicted octanol–water partition coefficient (Wildman–Crippen LogP) is 3.66. The maximum absolute atomic E-state index is 11.4. The van der Waals surface area contributed by atoms with Gasteiger partial charge in [0, 0.05) is 48.8 Å². The number of fused-ring (bicyclic) bond motifs is 1. The first-order valence-corrected chi connectivity index (χ1v) is 9.31. The molecule has 1 aliphatic rings. The normalized spacial score (nSPS) is 19.5. The number of pyridine rings is 2. The highest BCUT2D eigenvalue weighted by Crippen LogP contribution is 2.37. The number of aryl methyl sites for hydroxylation is 1. The lowest BCUT2D eigenvalue weighted by atomic mass is 9.80. The van der Waals surface area contributed by atoms with Crippen molar-refractivity contribution < 1.29 is 9.53 Å². The second-order valence-electron chi connectivity index (χ2n) is 7.27. The lowest BCUT2D eigenvalue weighted by molar-refractivity contribution is -0.114. The second kappa shape index (κ2) is 6.78. The fourth-order valence-corrected chi connectivity index (χ4v) is 3.88. The fourth-order valence-electron chi connectivity index (χ4n) is 3.88. The molecule has 0 aliphatic carbocycles. The van der Waals surface area contributed by atoms with E-state index in [0.717, 1.165) is 53.9 Å². The molecule has 0 bridgehead atoms. The van der Waals surface area contributed by atoms with Crippen LogP contribution in [0.3, 0.4) is 0 Å². The summed E-state index contributed by atoms with van der Waals surface area (Å²) >= 11 is 0. The second-order valence-corrected chi connectivity index (χ2v) is 7.27. The summed E-state index contributed by atoms with van der Waals surface area (Å²) in [6.45, 7) is 5.20. The van der Waals surface area contributed by atoms with Gasteiger partial charge >= 0.3 is 0 Å². The van der Waals surface area contributed by atoms with Gasteiger partial charge in [0.05, 0.1) is 24.0 Å². The molecule has 1 fully saturated rings. The van der Waals surface area contributed by atoms with Crippen molar-refractivity contribution in [2.45, 2.75) is 32.1 Å². The first-order chi connectivity index (χ1) is 13.0. The quantitative estimate of drug-likeness (QED) is 0.767. The molecular weight excluding hydrogens is 340 g/mol. The van der Waals surface area contributed by atoms with Crippen LogP contribution >= 0.6 is 0 Å². The van der Waals surface area contributed by atoms with Gasteiger partial charge in [-0.2, -0.15) is 0 Å². The molecule has 1 aliphatic heterocycles. The summed E-state index contributed by atoms with van der Waals surface area (Å²) in [7, 11) is 1.99. The van der Waals surface area contributed by atoms with E-state index in [9.17, 15) is 4.79 Å². The van der Waals surface area contributed by atoms with Gasteiger partial charge in [0.25, 0.3) is 0 Å². The van der Waals surface area contributed by atoms with Gasteiger partial charge in [-0.1, -0.05) is 13.0 Å². The Morgan fingerprint density at radius 2 is 2.26 bits per heavy atom. The molecule has 1 atom stereocenters. The number of hydrogen-bond donors (Lipinski definition) is 1. The Labute approximate surface area is 158 Å². The molecule has 3 aromatic rings. The molecule has 27 heavy (non-hydrogen) atoms. The van der Waals surface area contributed by atoms with Crippen molar-refractivity contribution in [3.63, 3.8) is 0 Å². The highest BCUT2D eigenvalue weighted by Gasteiger charge is 2.36. The third-order valence-electron chi connectivity index (χ3n) is 5.53. The van der Waals surface area contributed by atoms with E-state index in [-0.39, 0.29) is 11.3 Å². The van der Waals surface area contributed by atoms with Gasteiger partial charge in [-0.15, -0.1) is 0 Å². The number of rotatable bonds is 4. The van der Waals surface area contributed by atoms with Crippen molar-refractivity contribution in [2.24, 2.45) is 7.05 Å². The van der Waals surface area contributed by atoms with Crippen LogP contribution in [-0.2, 0) is 22.0 Å². The molecule has 6 nitrogen and oxygen atoms in total. The minimum atomic E-state index is -0.134. The van der Waals surface area contributed by atoms with Crippen LogP contribution in [0.4, 0.5) is 5.82 Å². The molecule has 4 heterocycles. The van der Waals surface area contributed by atoms with E-state index in [4.69, 9.17) is 9.72 Å². The van der Waals surface area contributed by atoms with Gasteiger partial charge in [-0.3, -0.25) is 9.78 Å². The highest BCUT2D eigenvalue weighted by atomic mass is 16.5. The van der Waals surface area contributed by atoms with Crippen molar-refractivity contribution >= 4 is 22.6 Å². The van der Waals surface area contributed by atoms with Crippen molar-refractivity contribution in [3.05, 3.63) is 42.4 Å². The third-order valence-corrected chi connectivity index (χ3v) is 5.53. The number of nitrogens with zero attached hydrogens (tertiary/aromatic N) is 3. The van der Waals surface area contributed by atoms with Crippen LogP contribution in [-0.4, -0.2) is 33.7 Å². The molecule has 0 unspecified atom stereocenters. The SMILES string of the molecule is CC[C@]1(c2cccc(-c3cn(C)c4cnc(NC(C)=O)cc34)n2)CCOC1. The Kier molecular flexibility index (Phi) is 4.44. The Morgan fingerprint density at radius 3 is 2.96 bits per heavy atom. The largest absolute Gasteiger partial charge is 0.380 e. The lowest BCUT2D eigenvalue weighted by Crippen LogP contribution is -2.26. The predicted molar refractivity (Wildman–Crippen MR) is 106 cm³/mol. The fraction of sp³-hybridized carbons (Fsp3) is 0.381. The maximum atomic E-state index is 11.4. The zero-order valence-electron chi connectivity index (χ0n) is 16.0. The summed E-state index contributed by atoms with van der Waals surface area (Å²) in [6, 6.07) is 8.13. The Bertz CT molecular complexity index is 1000. The first-order valence-electron chi connectivity index (χ1n) is 9.31. The Morgan fingerprint density at radius 1 is 1.41 bits per heavy atom. The van der Waals surface area contributed by atoms with Gasteiger partial charge in [0.2, 0.25) is 5.91 Å². The molecule has 3 aromatic heterocycles. The summed E-state index contributed by atoms with van der Waals surface area (Å²) < 4.78 is 7.73. The Hall–Kier alpha value is -2.73. The van der Waals surface area contributed by atoms with E-state index >= 15 is 0 Å². The average molecular weight is 364 g/mol. The summed E-state index contributed by atoms with van der Waals surface area (Å²) in [5.74, 6) is 0.415. The first kappa shape index (κ1) is 17.7. The number of ether oxygens (including phenoxy) is 1. The molecule has 1 saturated heterocycles. The van der Waals surface area contributed by atoms with E-state index in [1.807, 2.05) is 23.7 Å². The van der Waals surface area contributed by atoms with Crippen molar-refractivity contribution in [3.8, 4) is 11.3 Å². The van der Waals surface area contributed by atoms with Gasteiger partial charge < -0.3 is 14.6 Å². The minimum Gasteiger partial charge on any atom is -0.380 e. The van der Waals surface area contributed by atoms with Crippen molar-refractivity contribution in [1.29, 1.82) is 0 Å². The molecule has 1 amide bonds. The monoisotopic (exact) mass is 364 g/mol. The van der Waals surface area contributed by atoms with E-state index in [2.05, 4.69) is 35.6 Å². The molecule has 1 N–H and O–H groups in total. The number of anilines is 1. The smallest absolute Gasteiger partial charge is 0.222 e. The molecule has 6 heteroatoms. The van der Waals surface area contributed by atoms with Crippen molar-refractivity contribution in [1.82, 2.24) is 14.5 Å². The average Bonchev–Trinajstić information content (AvgIpc) is 3.27. The molecule has 4 rings (SSSR count). The minimum absolute atomic E-state index is 0.00347. The highest BCUT2D eigenvalue weighted by molar-refractivity contribution is 5.98. The third kappa shape index (κ3) is 3.10.